The molecule has 1 aromatic heterocycles. The highest BCUT2D eigenvalue weighted by Crippen LogP contribution is 2.32. The summed E-state index contributed by atoms with van der Waals surface area (Å²) in [5.74, 6) is -1.64. The van der Waals surface area contributed by atoms with Crippen molar-refractivity contribution >= 4 is 57.7 Å². The maximum atomic E-state index is 11.9. The van der Waals surface area contributed by atoms with E-state index in [-0.39, 0.29) is 11.9 Å². The van der Waals surface area contributed by atoms with Crippen molar-refractivity contribution in [3.63, 3.8) is 0 Å². The summed E-state index contributed by atoms with van der Waals surface area (Å²) in [4.78, 5) is 47.9. The molecule has 0 bridgehead atoms. The van der Waals surface area contributed by atoms with Gasteiger partial charge in [-0.05, 0) is 41.9 Å². The number of fused-ring (bicyclic) bond motifs is 1. The Morgan fingerprint density at radius 1 is 0.897 bits per heavy atom. The lowest BCUT2D eigenvalue weighted by Crippen LogP contribution is -2.56. The van der Waals surface area contributed by atoms with Gasteiger partial charge in [-0.1, -0.05) is 23.7 Å². The van der Waals surface area contributed by atoms with Crippen LogP contribution >= 0.6 is 23.2 Å². The van der Waals surface area contributed by atoms with Crippen molar-refractivity contribution in [1.29, 1.82) is 0 Å². The molecular weight excluding hydrogens is 547 g/mol. The van der Waals surface area contributed by atoms with Crippen molar-refractivity contribution in [2.24, 2.45) is 0 Å². The molecule has 2 aromatic carbocycles. The Balaban J connectivity index is 1.54. The van der Waals surface area contributed by atoms with Crippen LogP contribution in [0.5, 0.6) is 0 Å². The summed E-state index contributed by atoms with van der Waals surface area (Å²) in [7, 11) is 0. The number of piperazine rings is 1. The molecule has 1 aliphatic rings. The van der Waals surface area contributed by atoms with Crippen molar-refractivity contribution in [3.8, 4) is 11.3 Å². The van der Waals surface area contributed by atoms with Crippen LogP contribution in [-0.2, 0) is 28.6 Å². The van der Waals surface area contributed by atoms with Crippen LogP contribution in [0.3, 0.4) is 0 Å². The second kappa shape index (κ2) is 12.6. The van der Waals surface area contributed by atoms with E-state index >= 15 is 0 Å². The standard InChI is InChI=1S/C27H28Cl2N4O6/c1-16(34)37-15-24(38-17(2)35)26(39-18(3)36)33-11-9-32(10-12-33)21-6-4-5-19(13-21)25-22-14-20(28)7-8-23(22)30-27(29)31-25/h4-8,13-14,24,26H,9-12,15H2,1-3H3. The van der Waals surface area contributed by atoms with Crippen molar-refractivity contribution in [2.75, 3.05) is 37.7 Å². The third-order valence-corrected chi connectivity index (χ3v) is 6.57. The van der Waals surface area contributed by atoms with Crippen LogP contribution < -0.4 is 4.90 Å². The Labute approximate surface area is 235 Å². The van der Waals surface area contributed by atoms with Gasteiger partial charge in [0.25, 0.3) is 0 Å². The number of aromatic nitrogens is 2. The van der Waals surface area contributed by atoms with Gasteiger partial charge in [0.05, 0.1) is 11.2 Å². The van der Waals surface area contributed by atoms with Gasteiger partial charge >= 0.3 is 17.9 Å². The Kier molecular flexibility index (Phi) is 9.21. The molecule has 1 aliphatic heterocycles. The van der Waals surface area contributed by atoms with Gasteiger partial charge in [0.15, 0.2) is 12.3 Å². The first-order valence-corrected chi connectivity index (χ1v) is 13.1. The zero-order chi connectivity index (χ0) is 28.1. The van der Waals surface area contributed by atoms with Crippen LogP contribution in [0.2, 0.25) is 10.3 Å². The van der Waals surface area contributed by atoms with E-state index in [0.29, 0.717) is 42.4 Å². The molecule has 0 spiro atoms. The Bertz CT molecular complexity index is 1380. The molecule has 2 heterocycles. The predicted octanol–water partition coefficient (Wildman–Crippen LogP) is 4.11. The maximum Gasteiger partial charge on any atom is 0.304 e. The normalized spacial score (nSPS) is 15.5. The molecule has 4 rings (SSSR count). The lowest BCUT2D eigenvalue weighted by atomic mass is 10.1. The second-order valence-electron chi connectivity index (χ2n) is 9.03. The number of rotatable bonds is 8. The fraction of sp³-hybridized carbons (Fsp3) is 0.370. The molecule has 1 saturated heterocycles. The zero-order valence-corrected chi connectivity index (χ0v) is 23.2. The Morgan fingerprint density at radius 2 is 1.62 bits per heavy atom. The van der Waals surface area contributed by atoms with Gasteiger partial charge in [0.1, 0.15) is 6.61 Å². The number of ether oxygens (including phenoxy) is 3. The van der Waals surface area contributed by atoms with Crippen LogP contribution in [0, 0.1) is 0 Å². The Hall–Kier alpha value is -3.47. The first-order chi connectivity index (χ1) is 18.6. The molecular formula is C27H28Cl2N4O6. The van der Waals surface area contributed by atoms with Gasteiger partial charge < -0.3 is 19.1 Å². The average molecular weight is 575 g/mol. The van der Waals surface area contributed by atoms with Crippen LogP contribution in [-0.4, -0.2) is 77.9 Å². The van der Waals surface area contributed by atoms with E-state index in [1.54, 1.807) is 6.07 Å². The molecule has 0 aliphatic carbocycles. The fourth-order valence-corrected chi connectivity index (χ4v) is 4.87. The topological polar surface area (TPSA) is 111 Å². The van der Waals surface area contributed by atoms with E-state index in [4.69, 9.17) is 37.4 Å². The SMILES string of the molecule is CC(=O)OCC(OC(C)=O)C(OC(C)=O)N1CCN(c2cccc(-c3nc(Cl)nc4ccc(Cl)cc34)c2)CC1. The fourth-order valence-electron chi connectivity index (χ4n) is 4.52. The quantitative estimate of drug-likeness (QED) is 0.221. The van der Waals surface area contributed by atoms with Gasteiger partial charge in [-0.3, -0.25) is 19.3 Å². The third kappa shape index (κ3) is 7.35. The number of hydrogen-bond acceptors (Lipinski definition) is 10. The summed E-state index contributed by atoms with van der Waals surface area (Å²) in [5.41, 5.74) is 3.21. The number of esters is 3. The van der Waals surface area contributed by atoms with Crippen LogP contribution in [0.1, 0.15) is 20.8 Å². The van der Waals surface area contributed by atoms with Crippen LogP contribution in [0.15, 0.2) is 42.5 Å². The highest BCUT2D eigenvalue weighted by molar-refractivity contribution is 6.31. The number of carbonyl (C=O) groups excluding carboxylic acids is 3. The molecule has 3 aromatic rings. The van der Waals surface area contributed by atoms with Crippen LogP contribution in [0.25, 0.3) is 22.2 Å². The molecule has 10 nitrogen and oxygen atoms in total. The monoisotopic (exact) mass is 574 g/mol. The van der Waals surface area contributed by atoms with Gasteiger partial charge in [0.2, 0.25) is 5.28 Å². The largest absolute Gasteiger partial charge is 0.462 e. The average Bonchev–Trinajstić information content (AvgIpc) is 2.89. The van der Waals surface area contributed by atoms with E-state index in [1.165, 1.54) is 20.8 Å². The predicted molar refractivity (Wildman–Crippen MR) is 147 cm³/mol. The molecule has 12 heteroatoms. The number of halogens is 2. The summed E-state index contributed by atoms with van der Waals surface area (Å²) in [5, 5.41) is 1.51. The van der Waals surface area contributed by atoms with E-state index in [1.807, 2.05) is 41.3 Å². The summed E-state index contributed by atoms with van der Waals surface area (Å²) in [6.45, 7) is 5.74. The summed E-state index contributed by atoms with van der Waals surface area (Å²) < 4.78 is 16.0. The minimum absolute atomic E-state index is 0.145. The number of carbonyl (C=O) groups is 3. The van der Waals surface area contributed by atoms with Gasteiger partial charge in [0, 0.05) is 68.6 Å². The van der Waals surface area contributed by atoms with Gasteiger partial charge in [-0.15, -0.1) is 0 Å². The van der Waals surface area contributed by atoms with E-state index < -0.39 is 30.2 Å². The smallest absolute Gasteiger partial charge is 0.304 e. The molecule has 0 amide bonds. The first-order valence-electron chi connectivity index (χ1n) is 12.3. The molecule has 0 saturated carbocycles. The van der Waals surface area contributed by atoms with Crippen LogP contribution in [0.4, 0.5) is 5.69 Å². The van der Waals surface area contributed by atoms with Gasteiger partial charge in [-0.25, -0.2) is 9.97 Å². The number of anilines is 1. The van der Waals surface area contributed by atoms with Crippen molar-refractivity contribution in [2.45, 2.75) is 33.1 Å². The third-order valence-electron chi connectivity index (χ3n) is 6.16. The number of hydrogen-bond donors (Lipinski definition) is 0. The van der Waals surface area contributed by atoms with Crippen molar-refractivity contribution in [3.05, 3.63) is 52.8 Å². The summed E-state index contributed by atoms with van der Waals surface area (Å²) in [6, 6.07) is 13.3. The van der Waals surface area contributed by atoms with Gasteiger partial charge in [-0.2, -0.15) is 0 Å². The number of benzene rings is 2. The molecule has 39 heavy (non-hydrogen) atoms. The molecule has 206 valence electrons. The maximum absolute atomic E-state index is 11.9. The molecule has 2 unspecified atom stereocenters. The van der Waals surface area contributed by atoms with E-state index in [0.717, 1.165) is 16.6 Å². The lowest BCUT2D eigenvalue weighted by molar-refractivity contribution is -0.190. The first kappa shape index (κ1) is 28.5. The number of nitrogens with zero attached hydrogens (tertiary/aromatic N) is 4. The highest BCUT2D eigenvalue weighted by Gasteiger charge is 2.35. The zero-order valence-electron chi connectivity index (χ0n) is 21.7. The molecule has 1 fully saturated rings. The molecule has 0 radical (unpaired) electrons. The summed E-state index contributed by atoms with van der Waals surface area (Å²) >= 11 is 12.5. The molecule has 2 atom stereocenters. The summed E-state index contributed by atoms with van der Waals surface area (Å²) in [6.07, 6.45) is -1.87. The molecule has 0 N–H and O–H groups in total. The van der Waals surface area contributed by atoms with E-state index in [2.05, 4.69) is 14.9 Å². The highest BCUT2D eigenvalue weighted by atomic mass is 35.5. The van der Waals surface area contributed by atoms with Crippen molar-refractivity contribution < 1.29 is 28.6 Å². The Morgan fingerprint density at radius 3 is 2.28 bits per heavy atom. The minimum Gasteiger partial charge on any atom is -0.462 e. The second-order valence-corrected chi connectivity index (χ2v) is 9.80. The minimum atomic E-state index is -0.965. The van der Waals surface area contributed by atoms with Crippen molar-refractivity contribution in [1.82, 2.24) is 14.9 Å². The lowest BCUT2D eigenvalue weighted by Gasteiger charge is -2.41. The van der Waals surface area contributed by atoms with E-state index in [9.17, 15) is 14.4 Å².